The van der Waals surface area contributed by atoms with Crippen LogP contribution in [0.1, 0.15) is 93.2 Å². The average Bonchev–Trinajstić information content (AvgIpc) is 2.57. The van der Waals surface area contributed by atoms with Crippen LogP contribution in [0.3, 0.4) is 0 Å². The van der Waals surface area contributed by atoms with Gasteiger partial charge < -0.3 is 9.05 Å². The van der Waals surface area contributed by atoms with Gasteiger partial charge in [-0.3, -0.25) is 4.89 Å². The van der Waals surface area contributed by atoms with Crippen molar-refractivity contribution in [3.63, 3.8) is 0 Å². The van der Waals surface area contributed by atoms with Gasteiger partial charge in [-0.05, 0) is 69.9 Å². The third kappa shape index (κ3) is 8.83. The van der Waals surface area contributed by atoms with Crippen molar-refractivity contribution < 1.29 is 18.5 Å². The highest BCUT2D eigenvalue weighted by Gasteiger charge is 2.30. The molecule has 2 aromatic rings. The molecule has 0 saturated carbocycles. The Morgan fingerprint density at radius 1 is 0.606 bits per heavy atom. The molecular formula is C28H43O4P. The lowest BCUT2D eigenvalue weighted by atomic mass is 9.72. The first-order valence-electron chi connectivity index (χ1n) is 11.7. The van der Waals surface area contributed by atoms with Crippen molar-refractivity contribution in [2.75, 3.05) is 0 Å². The molecular weight excluding hydrogens is 431 g/mol. The lowest BCUT2D eigenvalue weighted by Gasteiger charge is -2.33. The largest absolute Gasteiger partial charge is 0.584 e. The molecule has 0 aliphatic heterocycles. The van der Waals surface area contributed by atoms with Crippen LogP contribution < -0.4 is 9.05 Å². The van der Waals surface area contributed by atoms with Crippen LogP contribution in [-0.4, -0.2) is 4.89 Å². The summed E-state index contributed by atoms with van der Waals surface area (Å²) in [7, 11) is -4.31. The molecule has 4 nitrogen and oxygen atoms in total. The van der Waals surface area contributed by atoms with Crippen molar-refractivity contribution in [1.29, 1.82) is 0 Å². The molecule has 0 aromatic heterocycles. The van der Waals surface area contributed by atoms with E-state index in [1.54, 1.807) is 24.3 Å². The van der Waals surface area contributed by atoms with Gasteiger partial charge >= 0.3 is 7.82 Å². The molecule has 33 heavy (non-hydrogen) atoms. The molecule has 2 rings (SSSR count). The first kappa shape index (κ1) is 27.5. The van der Waals surface area contributed by atoms with E-state index in [4.69, 9.17) is 9.05 Å². The topological polar surface area (TPSA) is 55.8 Å². The number of hydrogen-bond donors (Lipinski definition) is 1. The van der Waals surface area contributed by atoms with Crippen molar-refractivity contribution in [2.24, 2.45) is 10.8 Å². The monoisotopic (exact) mass is 474 g/mol. The van der Waals surface area contributed by atoms with Gasteiger partial charge in [0.2, 0.25) is 0 Å². The van der Waals surface area contributed by atoms with Crippen molar-refractivity contribution >= 4 is 7.82 Å². The van der Waals surface area contributed by atoms with Gasteiger partial charge in [-0.25, -0.2) is 4.57 Å². The predicted molar refractivity (Wildman–Crippen MR) is 138 cm³/mol. The summed E-state index contributed by atoms with van der Waals surface area (Å²) in [6.45, 7) is 22.2. The Morgan fingerprint density at radius 2 is 0.879 bits per heavy atom. The highest BCUT2D eigenvalue weighted by atomic mass is 31.2. The highest BCUT2D eigenvalue weighted by molar-refractivity contribution is 7.48. The van der Waals surface area contributed by atoms with Gasteiger partial charge in [-0.1, -0.05) is 93.5 Å². The maximum Gasteiger partial charge on any atom is 0.584 e. The fourth-order valence-electron chi connectivity index (χ4n) is 5.07. The highest BCUT2D eigenvalue weighted by Crippen LogP contribution is 2.46. The molecule has 0 heterocycles. The lowest BCUT2D eigenvalue weighted by molar-refractivity contribution is 0.283. The molecule has 0 saturated heterocycles. The molecule has 0 bridgehead atoms. The smallest absolute Gasteiger partial charge is 0.395 e. The van der Waals surface area contributed by atoms with E-state index >= 15 is 0 Å². The van der Waals surface area contributed by atoms with Crippen LogP contribution in [-0.2, 0) is 15.4 Å². The zero-order chi connectivity index (χ0) is 25.3. The molecule has 0 fully saturated rings. The maximum atomic E-state index is 12.6. The number of benzene rings is 2. The van der Waals surface area contributed by atoms with E-state index in [0.29, 0.717) is 11.5 Å². The standard InChI is InChI=1S/C28H43O4P/c1-25(2,3)19-27(7,8)21-11-15-23(16-12-21)31-33(29,30)32-24-17-13-22(14-18-24)28(9,10)20-26(4,5)6/h11-18H,19-20H2,1-10H3,(H,29,30). The molecule has 1 N–H and O–H groups in total. The number of rotatable bonds is 8. The first-order valence-corrected chi connectivity index (χ1v) is 13.2. The molecule has 0 amide bonds. The summed E-state index contributed by atoms with van der Waals surface area (Å²) in [5.74, 6) is 0.609. The molecule has 0 aliphatic carbocycles. The average molecular weight is 475 g/mol. The quantitative estimate of drug-likeness (QED) is 0.389. The van der Waals surface area contributed by atoms with E-state index in [9.17, 15) is 9.46 Å². The zero-order valence-electron chi connectivity index (χ0n) is 22.2. The third-order valence-electron chi connectivity index (χ3n) is 5.66. The van der Waals surface area contributed by atoms with Crippen molar-refractivity contribution in [2.45, 2.75) is 92.9 Å². The summed E-state index contributed by atoms with van der Waals surface area (Å²) in [5.41, 5.74) is 2.69. The van der Waals surface area contributed by atoms with Crippen LogP contribution >= 0.6 is 7.82 Å². The normalized spacial score (nSPS) is 13.7. The number of phosphoric ester groups is 1. The minimum absolute atomic E-state index is 0.0152. The number of hydrogen-bond acceptors (Lipinski definition) is 3. The van der Waals surface area contributed by atoms with Crippen LogP contribution in [0.4, 0.5) is 0 Å². The molecule has 5 heteroatoms. The Labute approximate surface area is 201 Å². The van der Waals surface area contributed by atoms with E-state index in [-0.39, 0.29) is 21.7 Å². The van der Waals surface area contributed by atoms with Crippen LogP contribution in [0, 0.1) is 10.8 Å². The molecule has 0 atom stereocenters. The molecule has 0 radical (unpaired) electrons. The molecule has 0 aliphatic rings. The van der Waals surface area contributed by atoms with Gasteiger partial charge in [0, 0.05) is 0 Å². The van der Waals surface area contributed by atoms with E-state index in [0.717, 1.165) is 24.0 Å². The van der Waals surface area contributed by atoms with Crippen molar-refractivity contribution in [1.82, 2.24) is 0 Å². The fraction of sp³-hybridized carbons (Fsp3) is 0.571. The first-order chi connectivity index (χ1) is 14.8. The SMILES string of the molecule is CC(C)(C)CC(C)(C)c1ccc(OP(=O)(O)Oc2ccc(C(C)(C)CC(C)(C)C)cc2)cc1. The Kier molecular flexibility index (Phi) is 7.88. The Bertz CT molecular complexity index is 881. The molecule has 0 spiro atoms. The van der Waals surface area contributed by atoms with Crippen LogP contribution in [0.5, 0.6) is 11.5 Å². The second-order valence-electron chi connectivity index (χ2n) is 12.9. The summed E-state index contributed by atoms with van der Waals surface area (Å²) in [6.07, 6.45) is 2.04. The van der Waals surface area contributed by atoms with E-state index < -0.39 is 7.82 Å². The van der Waals surface area contributed by atoms with Gasteiger partial charge in [0.15, 0.2) is 0 Å². The molecule has 2 aromatic carbocycles. The minimum atomic E-state index is -4.31. The third-order valence-corrected chi connectivity index (χ3v) is 6.54. The second kappa shape index (κ2) is 9.47. The summed E-state index contributed by atoms with van der Waals surface area (Å²) in [4.78, 5) is 10.3. The van der Waals surface area contributed by atoms with Crippen LogP contribution in [0.15, 0.2) is 48.5 Å². The summed E-state index contributed by atoms with van der Waals surface area (Å²) >= 11 is 0. The molecule has 0 unspecified atom stereocenters. The van der Waals surface area contributed by atoms with E-state index in [1.165, 1.54) is 0 Å². The Hall–Kier alpha value is -1.77. The van der Waals surface area contributed by atoms with Gasteiger partial charge in [0.25, 0.3) is 0 Å². The fourth-order valence-corrected chi connectivity index (χ4v) is 5.89. The van der Waals surface area contributed by atoms with Gasteiger partial charge in [0.05, 0.1) is 0 Å². The Morgan fingerprint density at radius 3 is 1.12 bits per heavy atom. The molecule has 184 valence electrons. The van der Waals surface area contributed by atoms with Crippen molar-refractivity contribution in [3.8, 4) is 11.5 Å². The van der Waals surface area contributed by atoms with Crippen LogP contribution in [0.25, 0.3) is 0 Å². The maximum absolute atomic E-state index is 12.6. The zero-order valence-corrected chi connectivity index (χ0v) is 23.0. The van der Waals surface area contributed by atoms with Gasteiger partial charge in [-0.15, -0.1) is 0 Å². The van der Waals surface area contributed by atoms with Gasteiger partial charge in [0.1, 0.15) is 11.5 Å². The number of phosphoric acid groups is 1. The second-order valence-corrected chi connectivity index (χ2v) is 14.2. The van der Waals surface area contributed by atoms with Crippen LogP contribution in [0.2, 0.25) is 0 Å². The van der Waals surface area contributed by atoms with E-state index in [2.05, 4.69) is 69.2 Å². The summed E-state index contributed by atoms with van der Waals surface area (Å²) < 4.78 is 23.3. The Balaban J connectivity index is 2.07. The van der Waals surface area contributed by atoms with Gasteiger partial charge in [-0.2, -0.15) is 0 Å². The lowest BCUT2D eigenvalue weighted by Crippen LogP contribution is -2.24. The summed E-state index contributed by atoms with van der Waals surface area (Å²) in [6, 6.07) is 14.7. The minimum Gasteiger partial charge on any atom is -0.395 e. The summed E-state index contributed by atoms with van der Waals surface area (Å²) in [5, 5.41) is 0. The van der Waals surface area contributed by atoms with Crippen molar-refractivity contribution in [3.05, 3.63) is 59.7 Å². The predicted octanol–water partition coefficient (Wildman–Crippen LogP) is 8.67. The van der Waals surface area contributed by atoms with E-state index in [1.807, 2.05) is 24.3 Å².